The van der Waals surface area contributed by atoms with E-state index in [4.69, 9.17) is 1.37 Å². The van der Waals surface area contributed by atoms with Crippen molar-refractivity contribution < 1.29 is 1.37 Å². The average molecular weight is 318 g/mol. The highest BCUT2D eigenvalue weighted by Crippen LogP contribution is 2.30. The van der Waals surface area contributed by atoms with Crippen molar-refractivity contribution in [3.05, 3.63) is 64.2 Å². The predicted octanol–water partition coefficient (Wildman–Crippen LogP) is 3.71. The Bertz CT molecular complexity index is 1200. The number of rotatable bonds is 1. The van der Waals surface area contributed by atoms with Crippen LogP contribution in [0.25, 0.3) is 33.1 Å². The predicted molar refractivity (Wildman–Crippen MR) is 98.4 cm³/mol. The molecular formula is C20H19N3O. The van der Waals surface area contributed by atoms with Crippen molar-refractivity contribution in [2.75, 3.05) is 0 Å². The molecule has 0 atom stereocenters. The molecule has 0 spiro atoms. The van der Waals surface area contributed by atoms with Crippen LogP contribution < -0.4 is 5.69 Å². The van der Waals surface area contributed by atoms with Crippen molar-refractivity contribution in [3.8, 4) is 11.3 Å². The van der Waals surface area contributed by atoms with Gasteiger partial charge in [-0.25, -0.2) is 4.79 Å². The van der Waals surface area contributed by atoms with E-state index in [-0.39, 0.29) is 11.9 Å². The molecule has 2 heterocycles. The van der Waals surface area contributed by atoms with Crippen LogP contribution >= 0.6 is 0 Å². The van der Waals surface area contributed by atoms with Crippen LogP contribution in [-0.4, -0.2) is 14.1 Å². The summed E-state index contributed by atoms with van der Waals surface area (Å²) in [7, 11) is 3.55. The average Bonchev–Trinajstić information content (AvgIpc) is 2.76. The normalized spacial score (nSPS) is 12.1. The SMILES string of the molecule is [2H]c1cc2cc3c(cc2c(-c2cc(C)cc(C)c2)n1)n(C)c(=O)n3C. The standard InChI is InChI=1S/C20H19N3O/c1-12-7-13(2)9-15(8-12)19-16-11-18-17(10-14(16)5-6-21-19)22(3)20(24)23(18)4/h5-11H,1-4H3/i6D. The molecule has 0 aliphatic carbocycles. The maximum absolute atomic E-state index is 12.3. The Labute approximate surface area is 141 Å². The number of benzene rings is 2. The molecule has 24 heavy (non-hydrogen) atoms. The lowest BCUT2D eigenvalue weighted by Crippen LogP contribution is -2.19. The van der Waals surface area contributed by atoms with E-state index in [1.807, 2.05) is 12.1 Å². The molecule has 0 N–H and O–H groups in total. The Morgan fingerprint density at radius 2 is 1.58 bits per heavy atom. The summed E-state index contributed by atoms with van der Waals surface area (Å²) in [4.78, 5) is 16.7. The summed E-state index contributed by atoms with van der Waals surface area (Å²) in [5.74, 6) is 0. The Balaban J connectivity index is 2.16. The molecule has 0 unspecified atom stereocenters. The summed E-state index contributed by atoms with van der Waals surface area (Å²) in [5.41, 5.74) is 5.77. The topological polar surface area (TPSA) is 39.8 Å². The quantitative estimate of drug-likeness (QED) is 0.537. The number of hydrogen-bond donors (Lipinski definition) is 0. The van der Waals surface area contributed by atoms with Gasteiger partial charge in [-0.15, -0.1) is 0 Å². The lowest BCUT2D eigenvalue weighted by molar-refractivity contribution is 0.795. The molecule has 2 aromatic heterocycles. The molecule has 120 valence electrons. The van der Waals surface area contributed by atoms with Crippen molar-refractivity contribution in [2.24, 2.45) is 14.1 Å². The minimum Gasteiger partial charge on any atom is -0.295 e. The van der Waals surface area contributed by atoms with Crippen molar-refractivity contribution in [2.45, 2.75) is 13.8 Å². The maximum Gasteiger partial charge on any atom is 0.328 e. The van der Waals surface area contributed by atoms with E-state index < -0.39 is 0 Å². The summed E-state index contributed by atoms with van der Waals surface area (Å²) < 4.78 is 11.4. The third-order valence-corrected chi connectivity index (χ3v) is 4.59. The van der Waals surface area contributed by atoms with E-state index in [1.165, 1.54) is 0 Å². The van der Waals surface area contributed by atoms with Gasteiger partial charge in [0.2, 0.25) is 0 Å². The van der Waals surface area contributed by atoms with Crippen molar-refractivity contribution in [1.29, 1.82) is 0 Å². The molecular weight excluding hydrogens is 298 g/mol. The Morgan fingerprint density at radius 3 is 2.25 bits per heavy atom. The second kappa shape index (κ2) is 5.06. The number of imidazole rings is 1. The fourth-order valence-electron chi connectivity index (χ4n) is 3.44. The van der Waals surface area contributed by atoms with E-state index in [9.17, 15) is 4.79 Å². The minimum absolute atomic E-state index is 0.0580. The van der Waals surface area contributed by atoms with Gasteiger partial charge in [0, 0.05) is 31.2 Å². The van der Waals surface area contributed by atoms with E-state index in [1.54, 1.807) is 29.3 Å². The van der Waals surface area contributed by atoms with E-state index >= 15 is 0 Å². The number of nitrogens with zero attached hydrogens (tertiary/aromatic N) is 3. The number of aromatic nitrogens is 3. The van der Waals surface area contributed by atoms with Crippen LogP contribution in [-0.2, 0) is 14.1 Å². The number of hydrogen-bond acceptors (Lipinski definition) is 2. The molecule has 0 radical (unpaired) electrons. The monoisotopic (exact) mass is 318 g/mol. The van der Waals surface area contributed by atoms with Crippen LogP contribution in [0, 0.1) is 13.8 Å². The van der Waals surface area contributed by atoms with Crippen LogP contribution in [0.5, 0.6) is 0 Å². The summed E-state index contributed by atoms with van der Waals surface area (Å²) >= 11 is 0. The first-order chi connectivity index (χ1) is 11.8. The van der Waals surface area contributed by atoms with Gasteiger partial charge in [-0.2, -0.15) is 0 Å². The summed E-state index contributed by atoms with van der Waals surface area (Å²) in [6, 6.07) is 12.0. The van der Waals surface area contributed by atoms with Gasteiger partial charge in [0.1, 0.15) is 0 Å². The fourth-order valence-corrected chi connectivity index (χ4v) is 3.44. The molecule has 0 amide bonds. The highest BCUT2D eigenvalue weighted by atomic mass is 16.1. The van der Waals surface area contributed by atoms with Gasteiger partial charge in [0.05, 0.1) is 18.1 Å². The molecule has 0 bridgehead atoms. The third-order valence-electron chi connectivity index (χ3n) is 4.59. The van der Waals surface area contributed by atoms with Crippen molar-refractivity contribution in [3.63, 3.8) is 0 Å². The molecule has 4 rings (SSSR count). The molecule has 4 heteroatoms. The van der Waals surface area contributed by atoms with Gasteiger partial charge in [-0.05, 0) is 49.6 Å². The fraction of sp³-hybridized carbons (Fsp3) is 0.200. The zero-order valence-electron chi connectivity index (χ0n) is 15.2. The summed E-state index contributed by atoms with van der Waals surface area (Å²) in [5, 5.41) is 1.87. The Hall–Kier alpha value is -2.88. The van der Waals surface area contributed by atoms with Gasteiger partial charge in [0.15, 0.2) is 0 Å². The smallest absolute Gasteiger partial charge is 0.295 e. The number of pyridine rings is 1. The third kappa shape index (κ3) is 2.07. The van der Waals surface area contributed by atoms with Crippen LogP contribution in [0.15, 0.2) is 47.4 Å². The van der Waals surface area contributed by atoms with E-state index in [0.29, 0.717) is 0 Å². The second-order valence-corrected chi connectivity index (χ2v) is 6.44. The van der Waals surface area contributed by atoms with Gasteiger partial charge >= 0.3 is 5.69 Å². The molecule has 4 aromatic rings. The minimum atomic E-state index is -0.0580. The first kappa shape index (κ1) is 13.5. The van der Waals surface area contributed by atoms with Crippen molar-refractivity contribution in [1.82, 2.24) is 14.1 Å². The Morgan fingerprint density at radius 1 is 0.958 bits per heavy atom. The van der Waals surface area contributed by atoms with Crippen LogP contribution in [0.4, 0.5) is 0 Å². The summed E-state index contributed by atoms with van der Waals surface area (Å²) in [6.07, 6.45) is 0.224. The Kier molecular flexibility index (Phi) is 2.86. The molecule has 4 nitrogen and oxygen atoms in total. The van der Waals surface area contributed by atoms with E-state index in [0.717, 1.165) is 44.2 Å². The molecule has 0 aliphatic rings. The number of fused-ring (bicyclic) bond motifs is 2. The molecule has 0 aliphatic heterocycles. The lowest BCUT2D eigenvalue weighted by Gasteiger charge is -2.09. The number of aryl methyl sites for hydroxylation is 4. The molecule has 2 aromatic carbocycles. The molecule has 0 fully saturated rings. The first-order valence-electron chi connectivity index (χ1n) is 8.40. The zero-order valence-corrected chi connectivity index (χ0v) is 14.2. The van der Waals surface area contributed by atoms with E-state index in [2.05, 4.69) is 37.0 Å². The van der Waals surface area contributed by atoms with Gasteiger partial charge in [0.25, 0.3) is 0 Å². The maximum atomic E-state index is 12.3. The lowest BCUT2D eigenvalue weighted by atomic mass is 10.00. The van der Waals surface area contributed by atoms with Crippen LogP contribution in [0.1, 0.15) is 12.5 Å². The van der Waals surface area contributed by atoms with Crippen LogP contribution in [0.3, 0.4) is 0 Å². The van der Waals surface area contributed by atoms with Crippen molar-refractivity contribution >= 4 is 21.8 Å². The van der Waals surface area contributed by atoms with Gasteiger partial charge < -0.3 is 0 Å². The van der Waals surface area contributed by atoms with Gasteiger partial charge in [-0.3, -0.25) is 14.1 Å². The molecule has 0 saturated heterocycles. The second-order valence-electron chi connectivity index (χ2n) is 6.44. The van der Waals surface area contributed by atoms with Gasteiger partial charge in [-0.1, -0.05) is 17.2 Å². The molecule has 0 saturated carbocycles. The highest BCUT2D eigenvalue weighted by Gasteiger charge is 2.12. The largest absolute Gasteiger partial charge is 0.328 e. The summed E-state index contributed by atoms with van der Waals surface area (Å²) in [6.45, 7) is 4.12. The zero-order chi connectivity index (χ0) is 17.9. The van der Waals surface area contributed by atoms with Crippen LogP contribution in [0.2, 0.25) is 0 Å². The first-order valence-corrected chi connectivity index (χ1v) is 7.90. The highest BCUT2D eigenvalue weighted by molar-refractivity contribution is 6.02.